The van der Waals surface area contributed by atoms with E-state index in [4.69, 9.17) is 9.47 Å². The smallest absolute Gasteiger partial charge is 0.230 e. The van der Waals surface area contributed by atoms with Crippen LogP contribution in [0.15, 0.2) is 53.9 Å². The van der Waals surface area contributed by atoms with Gasteiger partial charge in [0.2, 0.25) is 5.91 Å². The van der Waals surface area contributed by atoms with Crippen molar-refractivity contribution in [1.29, 1.82) is 0 Å². The van der Waals surface area contributed by atoms with Crippen LogP contribution in [0.25, 0.3) is 0 Å². The molecule has 3 rings (SSSR count). The number of amides is 1. The summed E-state index contributed by atoms with van der Waals surface area (Å²) in [6, 6.07) is 15.6. The predicted octanol–water partition coefficient (Wildman–Crippen LogP) is 5.10. The van der Waals surface area contributed by atoms with Gasteiger partial charge in [0.15, 0.2) is 0 Å². The molecule has 0 fully saturated rings. The van der Waals surface area contributed by atoms with Crippen LogP contribution in [0.1, 0.15) is 36.0 Å². The van der Waals surface area contributed by atoms with Crippen molar-refractivity contribution in [2.75, 3.05) is 19.0 Å². The van der Waals surface area contributed by atoms with Crippen LogP contribution in [-0.2, 0) is 17.6 Å². The van der Waals surface area contributed by atoms with Crippen molar-refractivity contribution < 1.29 is 14.3 Å². The number of methoxy groups -OCH3 is 1. The van der Waals surface area contributed by atoms with Gasteiger partial charge in [-0.05, 0) is 24.1 Å². The lowest BCUT2D eigenvalue weighted by Crippen LogP contribution is -2.15. The van der Waals surface area contributed by atoms with Crippen LogP contribution < -0.4 is 14.8 Å². The van der Waals surface area contributed by atoms with E-state index in [-0.39, 0.29) is 12.3 Å². The van der Waals surface area contributed by atoms with Gasteiger partial charge in [-0.3, -0.25) is 4.79 Å². The molecule has 3 aromatic rings. The number of hydrogen-bond donors (Lipinski definition) is 1. The van der Waals surface area contributed by atoms with E-state index >= 15 is 0 Å². The Morgan fingerprint density at radius 1 is 1.17 bits per heavy atom. The second kappa shape index (κ2) is 10.6. The van der Waals surface area contributed by atoms with E-state index in [1.165, 1.54) is 5.56 Å². The SMILES string of the molecule is CCCCOc1ccc(OC)cc1NC(=O)Cc1csc(Cc2ccccc2)n1. The Kier molecular flexibility index (Phi) is 7.64. The molecule has 0 aliphatic heterocycles. The van der Waals surface area contributed by atoms with Crippen LogP contribution in [0.2, 0.25) is 0 Å². The third-order valence-electron chi connectivity index (χ3n) is 4.36. The van der Waals surface area contributed by atoms with Gasteiger partial charge < -0.3 is 14.8 Å². The van der Waals surface area contributed by atoms with Crippen molar-refractivity contribution in [2.24, 2.45) is 0 Å². The fourth-order valence-electron chi connectivity index (χ4n) is 2.83. The summed E-state index contributed by atoms with van der Waals surface area (Å²) in [4.78, 5) is 17.2. The third-order valence-corrected chi connectivity index (χ3v) is 5.25. The zero-order chi connectivity index (χ0) is 20.5. The van der Waals surface area contributed by atoms with Gasteiger partial charge in [-0.25, -0.2) is 4.98 Å². The molecule has 29 heavy (non-hydrogen) atoms. The van der Waals surface area contributed by atoms with E-state index in [9.17, 15) is 4.79 Å². The number of rotatable bonds is 10. The minimum absolute atomic E-state index is 0.129. The highest BCUT2D eigenvalue weighted by Gasteiger charge is 2.12. The van der Waals surface area contributed by atoms with Crippen molar-refractivity contribution >= 4 is 22.9 Å². The van der Waals surface area contributed by atoms with E-state index in [0.29, 0.717) is 23.8 Å². The minimum Gasteiger partial charge on any atom is -0.497 e. The van der Waals surface area contributed by atoms with Crippen LogP contribution in [0.4, 0.5) is 5.69 Å². The highest BCUT2D eigenvalue weighted by molar-refractivity contribution is 7.09. The first-order valence-corrected chi connectivity index (χ1v) is 10.6. The van der Waals surface area contributed by atoms with Gasteiger partial charge in [0.25, 0.3) is 0 Å². The lowest BCUT2D eigenvalue weighted by molar-refractivity contribution is -0.115. The maximum absolute atomic E-state index is 12.6. The van der Waals surface area contributed by atoms with E-state index < -0.39 is 0 Å². The molecule has 1 heterocycles. The molecule has 1 aromatic heterocycles. The highest BCUT2D eigenvalue weighted by atomic mass is 32.1. The molecule has 1 amide bonds. The quantitative estimate of drug-likeness (QED) is 0.472. The molecule has 0 unspecified atom stereocenters. The van der Waals surface area contributed by atoms with Crippen molar-refractivity contribution in [2.45, 2.75) is 32.6 Å². The molecular formula is C23H26N2O3S. The number of thiazole rings is 1. The Labute approximate surface area is 175 Å². The molecule has 0 aliphatic carbocycles. The standard InChI is InChI=1S/C23H26N2O3S/c1-3-4-12-28-21-11-10-19(27-2)15-20(21)25-22(26)14-18-16-29-23(24-18)13-17-8-6-5-7-9-17/h5-11,15-16H,3-4,12-14H2,1-2H3,(H,25,26). The Bertz CT molecular complexity index is 925. The highest BCUT2D eigenvalue weighted by Crippen LogP contribution is 2.29. The Balaban J connectivity index is 1.63. The molecule has 152 valence electrons. The normalized spacial score (nSPS) is 10.6. The maximum atomic E-state index is 12.6. The zero-order valence-electron chi connectivity index (χ0n) is 16.8. The van der Waals surface area contributed by atoms with Crippen molar-refractivity contribution in [1.82, 2.24) is 4.98 Å². The number of carbonyl (C=O) groups is 1. The molecule has 0 radical (unpaired) electrons. The Hall–Kier alpha value is -2.86. The van der Waals surface area contributed by atoms with Crippen molar-refractivity contribution in [3.8, 4) is 11.5 Å². The van der Waals surface area contributed by atoms with E-state index in [1.807, 2.05) is 35.7 Å². The number of carbonyl (C=O) groups excluding carboxylic acids is 1. The lowest BCUT2D eigenvalue weighted by atomic mass is 10.2. The number of nitrogens with one attached hydrogen (secondary N) is 1. The van der Waals surface area contributed by atoms with E-state index in [1.54, 1.807) is 24.5 Å². The van der Waals surface area contributed by atoms with Gasteiger partial charge in [-0.2, -0.15) is 0 Å². The molecule has 2 aromatic carbocycles. The molecular weight excluding hydrogens is 384 g/mol. The largest absolute Gasteiger partial charge is 0.497 e. The maximum Gasteiger partial charge on any atom is 0.230 e. The number of unbranched alkanes of at least 4 members (excludes halogenated alkanes) is 1. The second-order valence-electron chi connectivity index (χ2n) is 6.68. The summed E-state index contributed by atoms with van der Waals surface area (Å²) in [7, 11) is 1.60. The summed E-state index contributed by atoms with van der Waals surface area (Å²) in [5.74, 6) is 1.19. The summed E-state index contributed by atoms with van der Waals surface area (Å²) in [5, 5.41) is 5.89. The van der Waals surface area contributed by atoms with Crippen LogP contribution >= 0.6 is 11.3 Å². The Morgan fingerprint density at radius 3 is 2.76 bits per heavy atom. The summed E-state index contributed by atoms with van der Waals surface area (Å²) in [6.45, 7) is 2.72. The number of anilines is 1. The average molecular weight is 411 g/mol. The average Bonchev–Trinajstić information content (AvgIpc) is 3.16. The summed E-state index contributed by atoms with van der Waals surface area (Å²) in [5.41, 5.74) is 2.60. The summed E-state index contributed by atoms with van der Waals surface area (Å²) < 4.78 is 11.1. The molecule has 0 saturated carbocycles. The molecule has 5 nitrogen and oxygen atoms in total. The van der Waals surface area contributed by atoms with Crippen LogP contribution in [0.5, 0.6) is 11.5 Å². The van der Waals surface area contributed by atoms with Crippen LogP contribution in [-0.4, -0.2) is 24.6 Å². The van der Waals surface area contributed by atoms with Gasteiger partial charge in [-0.15, -0.1) is 11.3 Å². The zero-order valence-corrected chi connectivity index (χ0v) is 17.6. The molecule has 0 atom stereocenters. The monoisotopic (exact) mass is 410 g/mol. The first-order chi connectivity index (χ1) is 14.2. The predicted molar refractivity (Wildman–Crippen MR) is 117 cm³/mol. The number of benzene rings is 2. The fraction of sp³-hybridized carbons (Fsp3) is 0.304. The molecule has 0 aliphatic rings. The van der Waals surface area contributed by atoms with Crippen molar-refractivity contribution in [3.63, 3.8) is 0 Å². The third kappa shape index (κ3) is 6.32. The number of hydrogen-bond acceptors (Lipinski definition) is 5. The van der Waals surface area contributed by atoms with Gasteiger partial charge >= 0.3 is 0 Å². The van der Waals surface area contributed by atoms with Crippen LogP contribution in [0.3, 0.4) is 0 Å². The summed E-state index contributed by atoms with van der Waals surface area (Å²) in [6.07, 6.45) is 3.00. The summed E-state index contributed by atoms with van der Waals surface area (Å²) >= 11 is 1.58. The van der Waals surface area contributed by atoms with E-state index in [0.717, 1.165) is 30.0 Å². The van der Waals surface area contributed by atoms with Gasteiger partial charge in [0, 0.05) is 17.9 Å². The number of nitrogens with zero attached hydrogens (tertiary/aromatic N) is 1. The number of aromatic nitrogens is 1. The molecule has 0 bridgehead atoms. The van der Waals surface area contributed by atoms with Crippen LogP contribution in [0, 0.1) is 0 Å². The molecule has 0 spiro atoms. The van der Waals surface area contributed by atoms with Crippen molar-refractivity contribution in [3.05, 3.63) is 70.2 Å². The fourth-order valence-corrected chi connectivity index (χ4v) is 3.65. The van der Waals surface area contributed by atoms with Gasteiger partial charge in [-0.1, -0.05) is 43.7 Å². The Morgan fingerprint density at radius 2 is 2.00 bits per heavy atom. The van der Waals surface area contributed by atoms with Gasteiger partial charge in [0.05, 0.1) is 36.5 Å². The lowest BCUT2D eigenvalue weighted by Gasteiger charge is -2.13. The molecule has 6 heteroatoms. The van der Waals surface area contributed by atoms with Gasteiger partial charge in [0.1, 0.15) is 11.5 Å². The first-order valence-electron chi connectivity index (χ1n) is 9.76. The topological polar surface area (TPSA) is 60.5 Å². The molecule has 0 saturated heterocycles. The first kappa shape index (κ1) is 20.9. The minimum atomic E-state index is -0.129. The number of ether oxygens (including phenoxy) is 2. The van der Waals surface area contributed by atoms with E-state index in [2.05, 4.69) is 29.4 Å². The second-order valence-corrected chi connectivity index (χ2v) is 7.63. The molecule has 1 N–H and O–H groups in total.